The molecule has 1 aromatic rings. The van der Waals surface area contributed by atoms with Gasteiger partial charge in [0.15, 0.2) is 0 Å². The minimum atomic E-state index is -3.52. The fraction of sp³-hybridized carbons (Fsp3) is 0.500. The molecular formula is C14H20N2O4S. The van der Waals surface area contributed by atoms with Gasteiger partial charge in [-0.1, -0.05) is 12.1 Å². The number of carboxylic acid groups (broad SMARTS) is 1. The number of nitrogens with zero attached hydrogens (tertiary/aromatic N) is 1. The summed E-state index contributed by atoms with van der Waals surface area (Å²) in [5, 5.41) is 8.66. The van der Waals surface area contributed by atoms with Crippen molar-refractivity contribution >= 4 is 21.7 Å². The van der Waals surface area contributed by atoms with Crippen molar-refractivity contribution in [1.29, 1.82) is 0 Å². The molecule has 7 heteroatoms. The average Bonchev–Trinajstić information content (AvgIpc) is 3.21. The molecule has 1 fully saturated rings. The van der Waals surface area contributed by atoms with Crippen molar-refractivity contribution in [2.75, 3.05) is 18.5 Å². The molecule has 1 aromatic carbocycles. The number of para-hydroxylation sites is 1. The van der Waals surface area contributed by atoms with Crippen molar-refractivity contribution in [2.24, 2.45) is 0 Å². The van der Waals surface area contributed by atoms with Crippen LogP contribution in [0.25, 0.3) is 0 Å². The van der Waals surface area contributed by atoms with Crippen LogP contribution in [0.1, 0.15) is 25.7 Å². The van der Waals surface area contributed by atoms with Crippen molar-refractivity contribution < 1.29 is 18.3 Å². The van der Waals surface area contributed by atoms with Gasteiger partial charge in [-0.15, -0.1) is 0 Å². The zero-order valence-corrected chi connectivity index (χ0v) is 12.8. The Morgan fingerprint density at radius 1 is 1.38 bits per heavy atom. The summed E-state index contributed by atoms with van der Waals surface area (Å²) in [6.07, 6.45) is 2.31. The molecular weight excluding hydrogens is 292 g/mol. The maximum Gasteiger partial charge on any atom is 0.303 e. The Morgan fingerprint density at radius 3 is 2.67 bits per heavy atom. The van der Waals surface area contributed by atoms with Crippen LogP contribution in [0, 0.1) is 0 Å². The highest BCUT2D eigenvalue weighted by molar-refractivity contribution is 7.89. The summed E-state index contributed by atoms with van der Waals surface area (Å²) in [5.74, 6) is -0.847. The molecule has 1 saturated carbocycles. The Hall–Kier alpha value is -1.60. The number of nitrogens with one attached hydrogen (secondary N) is 1. The van der Waals surface area contributed by atoms with E-state index in [9.17, 15) is 13.2 Å². The van der Waals surface area contributed by atoms with Gasteiger partial charge in [-0.25, -0.2) is 13.1 Å². The van der Waals surface area contributed by atoms with E-state index in [4.69, 9.17) is 5.11 Å². The Bertz CT molecular complexity index is 611. The van der Waals surface area contributed by atoms with Crippen LogP contribution in [-0.4, -0.2) is 39.1 Å². The zero-order valence-electron chi connectivity index (χ0n) is 11.9. The molecule has 0 bridgehead atoms. The normalized spacial score (nSPS) is 14.9. The van der Waals surface area contributed by atoms with Gasteiger partial charge in [0.2, 0.25) is 10.0 Å². The Balaban J connectivity index is 2.13. The van der Waals surface area contributed by atoms with Crippen LogP contribution < -0.4 is 9.62 Å². The first-order valence-electron chi connectivity index (χ1n) is 6.94. The van der Waals surface area contributed by atoms with Crippen molar-refractivity contribution in [2.45, 2.75) is 36.6 Å². The second-order valence-electron chi connectivity index (χ2n) is 5.28. The third kappa shape index (κ3) is 4.44. The minimum Gasteiger partial charge on any atom is -0.481 e. The topological polar surface area (TPSA) is 86.7 Å². The quantitative estimate of drug-likeness (QED) is 0.758. The van der Waals surface area contributed by atoms with Gasteiger partial charge in [-0.2, -0.15) is 0 Å². The second kappa shape index (κ2) is 6.44. The lowest BCUT2D eigenvalue weighted by Gasteiger charge is -2.22. The summed E-state index contributed by atoms with van der Waals surface area (Å²) in [6, 6.07) is 6.84. The smallest absolute Gasteiger partial charge is 0.303 e. The number of hydrogen-bond acceptors (Lipinski definition) is 4. The molecule has 2 rings (SSSR count). The summed E-state index contributed by atoms with van der Waals surface area (Å²) in [4.78, 5) is 12.6. The van der Waals surface area contributed by atoms with E-state index in [2.05, 4.69) is 4.72 Å². The van der Waals surface area contributed by atoms with Crippen molar-refractivity contribution in [3.63, 3.8) is 0 Å². The van der Waals surface area contributed by atoms with Gasteiger partial charge < -0.3 is 10.0 Å². The van der Waals surface area contributed by atoms with Gasteiger partial charge in [0.1, 0.15) is 4.90 Å². The lowest BCUT2D eigenvalue weighted by Crippen LogP contribution is -2.29. The fourth-order valence-electron chi connectivity index (χ4n) is 2.07. The summed E-state index contributed by atoms with van der Waals surface area (Å²) in [5.41, 5.74) is 0.594. The van der Waals surface area contributed by atoms with Crippen molar-refractivity contribution in [3.8, 4) is 0 Å². The molecule has 116 valence electrons. The fourth-order valence-corrected chi connectivity index (χ4v) is 3.63. The minimum absolute atomic E-state index is 0.0559. The van der Waals surface area contributed by atoms with Crippen molar-refractivity contribution in [1.82, 2.24) is 4.72 Å². The predicted octanol–water partition coefficient (Wildman–Crippen LogP) is 1.43. The molecule has 1 aliphatic rings. The third-order valence-electron chi connectivity index (χ3n) is 3.35. The highest BCUT2D eigenvalue weighted by Gasteiger charge is 2.29. The maximum atomic E-state index is 12.4. The van der Waals surface area contributed by atoms with E-state index in [0.29, 0.717) is 18.7 Å². The number of sulfonamides is 1. The van der Waals surface area contributed by atoms with Gasteiger partial charge >= 0.3 is 5.97 Å². The van der Waals surface area contributed by atoms with Crippen LogP contribution in [0.15, 0.2) is 29.2 Å². The van der Waals surface area contributed by atoms with Gasteiger partial charge in [-0.05, 0) is 31.4 Å². The van der Waals surface area contributed by atoms with E-state index >= 15 is 0 Å². The summed E-state index contributed by atoms with van der Waals surface area (Å²) in [7, 11) is -1.75. The van der Waals surface area contributed by atoms with E-state index < -0.39 is 16.0 Å². The van der Waals surface area contributed by atoms with E-state index in [1.165, 1.54) is 0 Å². The van der Waals surface area contributed by atoms with Crippen LogP contribution in [0.3, 0.4) is 0 Å². The molecule has 0 saturated heterocycles. The lowest BCUT2D eigenvalue weighted by molar-refractivity contribution is -0.137. The molecule has 0 radical (unpaired) electrons. The summed E-state index contributed by atoms with van der Waals surface area (Å²) >= 11 is 0. The lowest BCUT2D eigenvalue weighted by atomic mass is 10.2. The Kier molecular flexibility index (Phi) is 4.84. The number of anilines is 1. The zero-order chi connectivity index (χ0) is 15.5. The predicted molar refractivity (Wildman–Crippen MR) is 79.9 cm³/mol. The first kappa shape index (κ1) is 15.8. The summed E-state index contributed by atoms with van der Waals surface area (Å²) in [6.45, 7) is 0.488. The standard InChI is InChI=1S/C14H20N2O4S/c1-16(10-4-7-14(17)18)12-5-2-3-6-13(12)21(19,20)15-11-8-9-11/h2-3,5-6,11,15H,4,7-10H2,1H3,(H,17,18). The number of aliphatic carboxylic acids is 1. The highest BCUT2D eigenvalue weighted by atomic mass is 32.2. The molecule has 0 spiro atoms. The third-order valence-corrected chi connectivity index (χ3v) is 4.92. The first-order valence-corrected chi connectivity index (χ1v) is 8.43. The number of hydrogen-bond donors (Lipinski definition) is 2. The molecule has 0 heterocycles. The number of carboxylic acids is 1. The van der Waals surface area contributed by atoms with Gasteiger partial charge in [0.05, 0.1) is 5.69 Å². The van der Waals surface area contributed by atoms with Crippen LogP contribution in [-0.2, 0) is 14.8 Å². The SMILES string of the molecule is CN(CCCC(=O)O)c1ccccc1S(=O)(=O)NC1CC1. The van der Waals surface area contributed by atoms with Crippen LogP contribution >= 0.6 is 0 Å². The molecule has 0 atom stereocenters. The van der Waals surface area contributed by atoms with Gasteiger partial charge in [0, 0.05) is 26.1 Å². The monoisotopic (exact) mass is 312 g/mol. The van der Waals surface area contributed by atoms with Crippen molar-refractivity contribution in [3.05, 3.63) is 24.3 Å². The molecule has 0 aromatic heterocycles. The Morgan fingerprint density at radius 2 is 2.05 bits per heavy atom. The highest BCUT2D eigenvalue weighted by Crippen LogP contribution is 2.27. The van der Waals surface area contributed by atoms with Gasteiger partial charge in [-0.3, -0.25) is 4.79 Å². The average molecular weight is 312 g/mol. The van der Waals surface area contributed by atoms with E-state index in [1.807, 2.05) is 0 Å². The molecule has 2 N–H and O–H groups in total. The molecule has 0 amide bonds. The number of carbonyl (C=O) groups is 1. The van der Waals surface area contributed by atoms with Crippen LogP contribution in [0.2, 0.25) is 0 Å². The summed E-state index contributed by atoms with van der Waals surface area (Å²) < 4.78 is 27.4. The first-order chi connectivity index (χ1) is 9.90. The maximum absolute atomic E-state index is 12.4. The molecule has 21 heavy (non-hydrogen) atoms. The Labute approximate surface area is 124 Å². The van der Waals surface area contributed by atoms with E-state index in [-0.39, 0.29) is 17.4 Å². The van der Waals surface area contributed by atoms with Gasteiger partial charge in [0.25, 0.3) is 0 Å². The number of rotatable bonds is 8. The molecule has 6 nitrogen and oxygen atoms in total. The molecule has 0 unspecified atom stereocenters. The van der Waals surface area contributed by atoms with E-state index in [0.717, 1.165) is 12.8 Å². The largest absolute Gasteiger partial charge is 0.481 e. The van der Waals surface area contributed by atoms with Crippen LogP contribution in [0.5, 0.6) is 0 Å². The second-order valence-corrected chi connectivity index (χ2v) is 6.96. The number of benzene rings is 1. The molecule has 0 aliphatic heterocycles. The van der Waals surface area contributed by atoms with E-state index in [1.54, 1.807) is 36.2 Å². The van der Waals surface area contributed by atoms with Crippen LogP contribution in [0.4, 0.5) is 5.69 Å². The molecule has 1 aliphatic carbocycles.